The van der Waals surface area contributed by atoms with Crippen molar-refractivity contribution >= 4 is 23.5 Å². The molecule has 0 heterocycles. The van der Waals surface area contributed by atoms with Gasteiger partial charge in [-0.25, -0.2) is 4.79 Å². The number of amides is 2. The molecule has 0 radical (unpaired) electrons. The van der Waals surface area contributed by atoms with Gasteiger partial charge in [0.2, 0.25) is 0 Å². The number of Topliss-reactive ketones (excluding diaryl/α,β-unsaturated/α-hetero) is 1. The van der Waals surface area contributed by atoms with Crippen LogP contribution in [0.5, 0.6) is 0 Å². The number of nitrogens with one attached hydrogen (secondary N) is 2. The summed E-state index contributed by atoms with van der Waals surface area (Å²) in [5, 5.41) is 15.9. The van der Waals surface area contributed by atoms with Gasteiger partial charge < -0.3 is 20.5 Å². The lowest BCUT2D eigenvalue weighted by Crippen LogP contribution is -2.52. The minimum atomic E-state index is -1.31. The van der Waals surface area contributed by atoms with Crippen molar-refractivity contribution in [1.82, 2.24) is 5.32 Å². The van der Waals surface area contributed by atoms with Gasteiger partial charge >= 0.3 is 6.03 Å². The minimum Gasteiger partial charge on any atom is -0.548 e. The van der Waals surface area contributed by atoms with E-state index in [4.69, 9.17) is 0 Å². The molecule has 0 aliphatic rings. The highest BCUT2D eigenvalue weighted by Gasteiger charge is 2.19. The van der Waals surface area contributed by atoms with E-state index in [2.05, 4.69) is 10.6 Å². The number of benzene rings is 1. The molecule has 1 rings (SSSR count). The van der Waals surface area contributed by atoms with Gasteiger partial charge in [-0.2, -0.15) is 0 Å². The van der Waals surface area contributed by atoms with Crippen LogP contribution in [-0.4, -0.2) is 23.8 Å². The van der Waals surface area contributed by atoms with Crippen LogP contribution in [0.15, 0.2) is 24.3 Å². The summed E-state index contributed by atoms with van der Waals surface area (Å²) in [5.41, 5.74) is 1.01. The topological polar surface area (TPSA) is 98.3 Å². The molecule has 114 valence electrons. The van der Waals surface area contributed by atoms with Crippen molar-refractivity contribution in [3.05, 3.63) is 29.8 Å². The first-order valence-corrected chi connectivity index (χ1v) is 6.74. The van der Waals surface area contributed by atoms with Crippen LogP contribution in [-0.2, 0) is 4.79 Å². The summed E-state index contributed by atoms with van der Waals surface area (Å²) < 4.78 is 0. The number of carboxylic acid groups (broad SMARTS) is 1. The van der Waals surface area contributed by atoms with Crippen LogP contribution in [0.25, 0.3) is 0 Å². The summed E-state index contributed by atoms with van der Waals surface area (Å²) in [5.74, 6) is -1.62. The van der Waals surface area contributed by atoms with Crippen molar-refractivity contribution in [2.24, 2.45) is 5.92 Å². The van der Waals surface area contributed by atoms with Crippen molar-refractivity contribution in [3.8, 4) is 0 Å². The average molecular weight is 291 g/mol. The van der Waals surface area contributed by atoms with E-state index < -0.39 is 18.0 Å². The first-order valence-electron chi connectivity index (χ1n) is 6.74. The Morgan fingerprint density at radius 3 is 2.19 bits per heavy atom. The van der Waals surface area contributed by atoms with Crippen molar-refractivity contribution in [3.63, 3.8) is 0 Å². The largest absolute Gasteiger partial charge is 0.548 e. The Morgan fingerprint density at radius 1 is 1.19 bits per heavy atom. The molecule has 1 aromatic rings. The fourth-order valence-electron chi connectivity index (χ4n) is 1.77. The van der Waals surface area contributed by atoms with E-state index in [9.17, 15) is 19.5 Å². The van der Waals surface area contributed by atoms with E-state index in [0.717, 1.165) is 0 Å². The molecule has 0 spiro atoms. The number of rotatable bonds is 6. The van der Waals surface area contributed by atoms with Gasteiger partial charge in [0.15, 0.2) is 5.78 Å². The van der Waals surface area contributed by atoms with Gasteiger partial charge in [-0.05, 0) is 37.1 Å². The Morgan fingerprint density at radius 2 is 1.76 bits per heavy atom. The lowest BCUT2D eigenvalue weighted by Gasteiger charge is -2.25. The predicted molar refractivity (Wildman–Crippen MR) is 76.9 cm³/mol. The zero-order chi connectivity index (χ0) is 16.0. The number of carboxylic acids is 1. The fraction of sp³-hybridized carbons (Fsp3) is 0.400. The molecule has 0 saturated carbocycles. The van der Waals surface area contributed by atoms with E-state index in [-0.39, 0.29) is 11.7 Å². The number of carbonyl (C=O) groups is 3. The Kier molecular flexibility index (Phi) is 5.90. The van der Waals surface area contributed by atoms with Crippen LogP contribution in [0.4, 0.5) is 10.5 Å². The van der Waals surface area contributed by atoms with Gasteiger partial charge in [0.05, 0.1) is 12.0 Å². The van der Waals surface area contributed by atoms with Crippen LogP contribution in [0, 0.1) is 5.92 Å². The second-order valence-corrected chi connectivity index (χ2v) is 4.91. The lowest BCUT2D eigenvalue weighted by molar-refractivity contribution is -0.309. The molecule has 6 heteroatoms. The number of aliphatic carboxylic acids is 1. The molecule has 0 saturated heterocycles. The Bertz CT molecular complexity index is 525. The van der Waals surface area contributed by atoms with Crippen molar-refractivity contribution in [1.29, 1.82) is 0 Å². The highest BCUT2D eigenvalue weighted by Crippen LogP contribution is 2.11. The zero-order valence-electron chi connectivity index (χ0n) is 12.3. The van der Waals surface area contributed by atoms with Crippen molar-refractivity contribution in [2.45, 2.75) is 33.2 Å². The molecule has 6 nitrogen and oxygen atoms in total. The quantitative estimate of drug-likeness (QED) is 0.769. The molecule has 1 aromatic carbocycles. The molecule has 2 N–H and O–H groups in total. The summed E-state index contributed by atoms with van der Waals surface area (Å²) in [7, 11) is 0. The fourth-order valence-corrected chi connectivity index (χ4v) is 1.77. The number of hydrogen-bond acceptors (Lipinski definition) is 4. The van der Waals surface area contributed by atoms with Gasteiger partial charge in [0.25, 0.3) is 0 Å². The normalized spacial score (nSPS) is 13.1. The number of ketones is 1. The maximum atomic E-state index is 11.8. The second kappa shape index (κ2) is 7.42. The smallest absolute Gasteiger partial charge is 0.319 e. The molecule has 2 amide bonds. The number of carbonyl (C=O) groups excluding carboxylic acids is 3. The molecular weight excluding hydrogens is 272 g/mol. The van der Waals surface area contributed by atoms with Gasteiger partial charge in [-0.15, -0.1) is 0 Å². The SMILES string of the molecule is CC[C@H](C)[C@@H](NC(=O)Nc1ccc(C(C)=O)cc1)C(=O)[O-]. The molecule has 0 aliphatic carbocycles. The van der Waals surface area contributed by atoms with E-state index >= 15 is 0 Å². The standard InChI is InChI=1S/C15H20N2O4/c1-4-9(2)13(14(19)20)17-15(21)16-12-7-5-11(6-8-12)10(3)18/h5-9,13H,4H2,1-3H3,(H,19,20)(H2,16,17,21)/p-1/t9-,13+/m0/s1. The molecule has 0 fully saturated rings. The average Bonchev–Trinajstić information content (AvgIpc) is 2.44. The summed E-state index contributed by atoms with van der Waals surface area (Å²) in [6, 6.07) is 4.65. The molecular formula is C15H19N2O4-. The van der Waals surface area contributed by atoms with Crippen LogP contribution in [0.3, 0.4) is 0 Å². The first kappa shape index (κ1) is 16.7. The highest BCUT2D eigenvalue weighted by atomic mass is 16.4. The summed E-state index contributed by atoms with van der Waals surface area (Å²) in [6.45, 7) is 5.01. The summed E-state index contributed by atoms with van der Waals surface area (Å²) in [6.07, 6.45) is 0.603. The number of anilines is 1. The molecule has 0 bridgehead atoms. The maximum absolute atomic E-state index is 11.8. The second-order valence-electron chi connectivity index (χ2n) is 4.91. The maximum Gasteiger partial charge on any atom is 0.319 e. The monoisotopic (exact) mass is 291 g/mol. The van der Waals surface area contributed by atoms with Crippen LogP contribution >= 0.6 is 0 Å². The highest BCUT2D eigenvalue weighted by molar-refractivity contribution is 5.95. The van der Waals surface area contributed by atoms with Crippen LogP contribution < -0.4 is 15.7 Å². The van der Waals surface area contributed by atoms with E-state index in [1.807, 2.05) is 6.92 Å². The predicted octanol–water partition coefficient (Wildman–Crippen LogP) is 1.18. The van der Waals surface area contributed by atoms with Crippen molar-refractivity contribution in [2.75, 3.05) is 5.32 Å². The Balaban J connectivity index is 2.67. The minimum absolute atomic E-state index is 0.0696. The molecule has 0 aliphatic heterocycles. The first-order chi connectivity index (χ1) is 9.85. The van der Waals surface area contributed by atoms with Gasteiger partial charge in [0.1, 0.15) is 0 Å². The van der Waals surface area contributed by atoms with E-state index in [1.165, 1.54) is 6.92 Å². The number of hydrogen-bond donors (Lipinski definition) is 2. The van der Waals surface area contributed by atoms with Gasteiger partial charge in [-0.1, -0.05) is 20.3 Å². The van der Waals surface area contributed by atoms with Crippen LogP contribution in [0.2, 0.25) is 0 Å². The Labute approximate surface area is 123 Å². The third kappa shape index (κ3) is 4.91. The number of urea groups is 1. The van der Waals surface area contributed by atoms with Crippen molar-refractivity contribution < 1.29 is 19.5 Å². The Hall–Kier alpha value is -2.37. The summed E-state index contributed by atoms with van der Waals surface area (Å²) >= 11 is 0. The lowest BCUT2D eigenvalue weighted by atomic mass is 9.99. The summed E-state index contributed by atoms with van der Waals surface area (Å²) in [4.78, 5) is 33.9. The molecule has 0 aromatic heterocycles. The van der Waals surface area contributed by atoms with Gasteiger partial charge in [0, 0.05) is 11.3 Å². The molecule has 2 atom stereocenters. The third-order valence-electron chi connectivity index (χ3n) is 3.30. The molecule has 21 heavy (non-hydrogen) atoms. The van der Waals surface area contributed by atoms with E-state index in [0.29, 0.717) is 17.7 Å². The molecule has 0 unspecified atom stereocenters. The van der Waals surface area contributed by atoms with Gasteiger partial charge in [-0.3, -0.25) is 4.79 Å². The van der Waals surface area contributed by atoms with E-state index in [1.54, 1.807) is 31.2 Å². The van der Waals surface area contributed by atoms with Crippen LogP contribution in [0.1, 0.15) is 37.6 Å². The third-order valence-corrected chi connectivity index (χ3v) is 3.30. The zero-order valence-corrected chi connectivity index (χ0v) is 12.3.